The molecule has 0 fully saturated rings. The van der Waals surface area contributed by atoms with Crippen LogP contribution < -0.4 is 26.0 Å². The summed E-state index contributed by atoms with van der Waals surface area (Å²) in [6, 6.07) is 4.30. The lowest BCUT2D eigenvalue weighted by molar-refractivity contribution is -0.119. The first-order chi connectivity index (χ1) is 19.3. The fourth-order valence-corrected chi connectivity index (χ4v) is 5.64. The summed E-state index contributed by atoms with van der Waals surface area (Å²) in [5.41, 5.74) is 9.28. The molecule has 0 bridgehead atoms. The van der Waals surface area contributed by atoms with Crippen molar-refractivity contribution >= 4 is 46.1 Å². The lowest BCUT2D eigenvalue weighted by Crippen LogP contribution is -2.43. The van der Waals surface area contributed by atoms with E-state index in [0.29, 0.717) is 83.6 Å². The third-order valence-corrected chi connectivity index (χ3v) is 7.57. The number of hydrogen-bond acceptors (Lipinski definition) is 6. The minimum absolute atomic E-state index is 0.109. The number of aromatic nitrogens is 3. The van der Waals surface area contributed by atoms with E-state index in [2.05, 4.69) is 9.97 Å². The van der Waals surface area contributed by atoms with Crippen molar-refractivity contribution in [3.8, 4) is 11.1 Å². The van der Waals surface area contributed by atoms with Crippen molar-refractivity contribution in [2.75, 3.05) is 34.3 Å². The van der Waals surface area contributed by atoms with Crippen molar-refractivity contribution in [1.29, 1.82) is 0 Å². The molecule has 2 amide bonds. The van der Waals surface area contributed by atoms with Crippen LogP contribution in [0.5, 0.6) is 0 Å². The molecule has 12 heteroatoms. The summed E-state index contributed by atoms with van der Waals surface area (Å²) >= 11 is 0. The normalized spacial score (nSPS) is 14.2. The molecule has 40 heavy (non-hydrogen) atoms. The summed E-state index contributed by atoms with van der Waals surface area (Å²) in [5.74, 6) is -1.89. The van der Waals surface area contributed by atoms with Gasteiger partial charge in [0.2, 0.25) is 12.3 Å². The number of H-pyrrole nitrogens is 1. The molecule has 0 aliphatic carbocycles. The summed E-state index contributed by atoms with van der Waals surface area (Å²) in [4.78, 5) is 50.3. The quantitative estimate of drug-likeness (QED) is 0.282. The van der Waals surface area contributed by atoms with Gasteiger partial charge in [0.15, 0.2) is 11.6 Å². The Balaban J connectivity index is 1.63. The summed E-state index contributed by atoms with van der Waals surface area (Å²) in [6.07, 6.45) is 6.69. The standard InChI is InChI=1S/C28H27F2N7O3/c1-34-14-19-18-9-22-23(36(7-6-35(22)15-38)24(39)4-2-3-5-31)10-21(18)37(27-20(30)8-17(29)12-33-27)13-16-11-32-26(25(16)19)28(34)40/h8-12,14-15,32H,2-7,13,31H2,1H3. The number of anilines is 4. The maximum absolute atomic E-state index is 15.2. The number of unbranched alkanes of at least 4 members (excludes halogenated alkanes) is 1. The van der Waals surface area contributed by atoms with Crippen molar-refractivity contribution in [2.45, 2.75) is 25.8 Å². The zero-order chi connectivity index (χ0) is 28.1. The lowest BCUT2D eigenvalue weighted by Gasteiger charge is -2.37. The SMILES string of the molecule is Cn1cc2c3c(c[nH]c3c1=O)CN(c1ncc(F)cc1F)c1cc3c(cc1-2)N(C=O)CCN3C(=O)CCCCN. The van der Waals surface area contributed by atoms with Crippen molar-refractivity contribution in [2.24, 2.45) is 12.8 Å². The van der Waals surface area contributed by atoms with Gasteiger partial charge in [0.05, 0.1) is 29.8 Å². The number of nitrogens with zero attached hydrogens (tertiary/aromatic N) is 5. The number of fused-ring (bicyclic) bond motifs is 3. The Morgan fingerprint density at radius 1 is 1.12 bits per heavy atom. The van der Waals surface area contributed by atoms with E-state index in [1.807, 2.05) is 0 Å². The Morgan fingerprint density at radius 3 is 2.70 bits per heavy atom. The molecular formula is C28H27F2N7O3. The largest absolute Gasteiger partial charge is 0.356 e. The van der Waals surface area contributed by atoms with E-state index >= 15 is 4.39 Å². The molecule has 1 aromatic carbocycles. The van der Waals surface area contributed by atoms with Gasteiger partial charge in [-0.05, 0) is 37.1 Å². The topological polar surface area (TPSA) is 121 Å². The Morgan fingerprint density at radius 2 is 1.95 bits per heavy atom. The van der Waals surface area contributed by atoms with Crippen LogP contribution in [-0.4, -0.2) is 46.5 Å². The average Bonchev–Trinajstić information content (AvgIpc) is 3.31. The lowest BCUT2D eigenvalue weighted by atomic mass is 9.98. The smallest absolute Gasteiger partial charge is 0.274 e. The summed E-state index contributed by atoms with van der Waals surface area (Å²) in [7, 11) is 1.64. The van der Waals surface area contributed by atoms with E-state index in [9.17, 15) is 18.8 Å². The predicted octanol–water partition coefficient (Wildman–Crippen LogP) is 3.30. The van der Waals surface area contributed by atoms with Gasteiger partial charge in [0.25, 0.3) is 5.56 Å². The van der Waals surface area contributed by atoms with Crippen LogP contribution in [0.3, 0.4) is 0 Å². The highest BCUT2D eigenvalue weighted by molar-refractivity contribution is 6.07. The van der Waals surface area contributed by atoms with Crippen LogP contribution in [0.4, 0.5) is 31.7 Å². The Bertz CT molecular complexity index is 1730. The number of nitrogens with one attached hydrogen (secondary N) is 1. The van der Waals surface area contributed by atoms with E-state index in [4.69, 9.17) is 5.73 Å². The number of aryl methyl sites for hydroxylation is 1. The average molecular weight is 548 g/mol. The van der Waals surface area contributed by atoms with E-state index in [1.54, 1.807) is 41.4 Å². The third kappa shape index (κ3) is 4.02. The zero-order valence-corrected chi connectivity index (χ0v) is 21.8. The first-order valence-corrected chi connectivity index (χ1v) is 13.0. The molecule has 0 atom stereocenters. The number of amides is 2. The molecule has 2 aliphatic heterocycles. The number of halogens is 2. The molecule has 0 radical (unpaired) electrons. The molecule has 6 rings (SSSR count). The number of rotatable bonds is 6. The Hall–Kier alpha value is -4.58. The van der Waals surface area contributed by atoms with Crippen molar-refractivity contribution in [1.82, 2.24) is 14.5 Å². The first kappa shape index (κ1) is 25.7. The van der Waals surface area contributed by atoms with Gasteiger partial charge < -0.3 is 30.0 Å². The van der Waals surface area contributed by atoms with Gasteiger partial charge in [-0.25, -0.2) is 13.8 Å². The number of carbonyl (C=O) groups is 2. The number of aromatic amines is 1. The molecule has 206 valence electrons. The summed E-state index contributed by atoms with van der Waals surface area (Å²) in [6.45, 7) is 1.19. The van der Waals surface area contributed by atoms with E-state index in [-0.39, 0.29) is 23.8 Å². The van der Waals surface area contributed by atoms with Gasteiger partial charge in [-0.3, -0.25) is 14.4 Å². The fourth-order valence-electron chi connectivity index (χ4n) is 5.64. The van der Waals surface area contributed by atoms with Crippen LogP contribution in [-0.2, 0) is 23.2 Å². The molecule has 0 unspecified atom stereocenters. The van der Waals surface area contributed by atoms with Crippen LogP contribution in [0.25, 0.3) is 22.0 Å². The van der Waals surface area contributed by atoms with Crippen molar-refractivity contribution in [3.63, 3.8) is 0 Å². The molecule has 5 heterocycles. The van der Waals surface area contributed by atoms with Crippen LogP contribution >= 0.6 is 0 Å². The van der Waals surface area contributed by atoms with Gasteiger partial charge in [0, 0.05) is 61.5 Å². The van der Waals surface area contributed by atoms with Crippen LogP contribution in [0.15, 0.2) is 41.6 Å². The molecule has 2 aliphatic rings. The van der Waals surface area contributed by atoms with E-state index in [1.165, 1.54) is 9.47 Å². The second kappa shape index (κ2) is 9.87. The monoisotopic (exact) mass is 547 g/mol. The number of carbonyl (C=O) groups excluding carboxylic acids is 2. The highest BCUT2D eigenvalue weighted by Crippen LogP contribution is 2.48. The van der Waals surface area contributed by atoms with Gasteiger partial charge in [0.1, 0.15) is 11.3 Å². The third-order valence-electron chi connectivity index (χ3n) is 7.57. The van der Waals surface area contributed by atoms with Crippen molar-refractivity contribution in [3.05, 3.63) is 64.3 Å². The van der Waals surface area contributed by atoms with Crippen LogP contribution in [0.1, 0.15) is 24.8 Å². The minimum Gasteiger partial charge on any atom is -0.356 e. The number of pyridine rings is 2. The predicted molar refractivity (Wildman–Crippen MR) is 148 cm³/mol. The Kier molecular flexibility index (Phi) is 6.34. The number of benzene rings is 1. The maximum Gasteiger partial charge on any atom is 0.274 e. The van der Waals surface area contributed by atoms with Crippen LogP contribution in [0.2, 0.25) is 0 Å². The van der Waals surface area contributed by atoms with Crippen LogP contribution in [0, 0.1) is 11.6 Å². The molecule has 0 saturated carbocycles. The van der Waals surface area contributed by atoms with Gasteiger partial charge in [-0.1, -0.05) is 0 Å². The molecule has 4 aromatic rings. The Labute approximate surface area is 227 Å². The molecule has 0 saturated heterocycles. The molecule has 3 N–H and O–H groups in total. The van der Waals surface area contributed by atoms with Gasteiger partial charge in [-0.2, -0.15) is 0 Å². The van der Waals surface area contributed by atoms with Gasteiger partial charge >= 0.3 is 0 Å². The first-order valence-electron chi connectivity index (χ1n) is 13.0. The fraction of sp³-hybridized carbons (Fsp3) is 0.286. The number of hydrogen-bond donors (Lipinski definition) is 2. The molecule has 3 aromatic heterocycles. The van der Waals surface area contributed by atoms with E-state index in [0.717, 1.165) is 18.7 Å². The molecular weight excluding hydrogens is 520 g/mol. The molecule has 0 spiro atoms. The summed E-state index contributed by atoms with van der Waals surface area (Å²) < 4.78 is 30.5. The second-order valence-corrected chi connectivity index (χ2v) is 10.0. The van der Waals surface area contributed by atoms with Crippen molar-refractivity contribution < 1.29 is 18.4 Å². The van der Waals surface area contributed by atoms with E-state index < -0.39 is 11.6 Å². The second-order valence-electron chi connectivity index (χ2n) is 10.0. The highest BCUT2D eigenvalue weighted by atomic mass is 19.1. The minimum atomic E-state index is -0.860. The zero-order valence-electron chi connectivity index (χ0n) is 21.8. The maximum atomic E-state index is 15.2. The summed E-state index contributed by atoms with van der Waals surface area (Å²) in [5, 5.41) is 0.664. The highest BCUT2D eigenvalue weighted by Gasteiger charge is 2.33. The molecule has 10 nitrogen and oxygen atoms in total. The number of nitrogens with two attached hydrogens (primary N) is 1. The van der Waals surface area contributed by atoms with Gasteiger partial charge in [-0.15, -0.1) is 0 Å².